The second kappa shape index (κ2) is 6.51. The van der Waals surface area contributed by atoms with Crippen LogP contribution in [-0.4, -0.2) is 19.7 Å². The third-order valence-corrected chi connectivity index (χ3v) is 2.81. The lowest BCUT2D eigenvalue weighted by Gasteiger charge is -2.21. The second-order valence-electron chi connectivity index (χ2n) is 4.28. The summed E-state index contributed by atoms with van der Waals surface area (Å²) < 4.78 is 5.30. The van der Waals surface area contributed by atoms with Gasteiger partial charge in [0.2, 0.25) is 0 Å². The van der Waals surface area contributed by atoms with Crippen LogP contribution in [0.2, 0.25) is 0 Å². The molecule has 0 heterocycles. The van der Waals surface area contributed by atoms with Gasteiger partial charge in [-0.1, -0.05) is 32.0 Å². The highest BCUT2D eigenvalue weighted by Crippen LogP contribution is 2.17. The molecular weight excluding hydrogens is 200 g/mol. The van der Waals surface area contributed by atoms with Crippen molar-refractivity contribution in [2.75, 3.05) is 13.7 Å². The maximum Gasteiger partial charge on any atom is 0.123 e. The smallest absolute Gasteiger partial charge is 0.123 e. The Balaban J connectivity index is 2.59. The van der Waals surface area contributed by atoms with Gasteiger partial charge < -0.3 is 15.8 Å². The Kier molecular flexibility index (Phi) is 5.29. The van der Waals surface area contributed by atoms with Gasteiger partial charge in [0.05, 0.1) is 7.11 Å². The first-order chi connectivity index (χ1) is 7.69. The Morgan fingerprint density at radius 1 is 1.31 bits per heavy atom. The molecule has 3 N–H and O–H groups in total. The Morgan fingerprint density at radius 3 is 2.56 bits per heavy atom. The summed E-state index contributed by atoms with van der Waals surface area (Å²) in [6.45, 7) is 5.80. The van der Waals surface area contributed by atoms with Crippen molar-refractivity contribution in [1.29, 1.82) is 0 Å². The first-order valence-corrected chi connectivity index (χ1v) is 5.74. The minimum Gasteiger partial charge on any atom is -0.496 e. The fourth-order valence-corrected chi connectivity index (χ4v) is 1.68. The van der Waals surface area contributed by atoms with Crippen molar-refractivity contribution in [1.82, 2.24) is 5.32 Å². The number of para-hydroxylation sites is 1. The summed E-state index contributed by atoms with van der Waals surface area (Å²) in [5.74, 6) is 1.47. The van der Waals surface area contributed by atoms with Gasteiger partial charge in [-0.25, -0.2) is 0 Å². The van der Waals surface area contributed by atoms with Crippen LogP contribution in [-0.2, 0) is 6.54 Å². The van der Waals surface area contributed by atoms with Gasteiger partial charge >= 0.3 is 0 Å². The van der Waals surface area contributed by atoms with Gasteiger partial charge in [-0.2, -0.15) is 0 Å². The molecule has 0 saturated heterocycles. The molecule has 1 atom stereocenters. The molecule has 3 nitrogen and oxygen atoms in total. The molecular formula is C13H22N2O. The zero-order chi connectivity index (χ0) is 12.0. The third-order valence-electron chi connectivity index (χ3n) is 2.81. The van der Waals surface area contributed by atoms with Crippen molar-refractivity contribution < 1.29 is 4.74 Å². The predicted octanol–water partition coefficient (Wildman–Crippen LogP) is 1.77. The van der Waals surface area contributed by atoms with E-state index in [0.29, 0.717) is 18.5 Å². The largest absolute Gasteiger partial charge is 0.496 e. The van der Waals surface area contributed by atoms with E-state index in [-0.39, 0.29) is 0 Å². The predicted molar refractivity (Wildman–Crippen MR) is 67.5 cm³/mol. The summed E-state index contributed by atoms with van der Waals surface area (Å²) in [5, 5.41) is 3.45. The summed E-state index contributed by atoms with van der Waals surface area (Å²) in [4.78, 5) is 0. The van der Waals surface area contributed by atoms with E-state index in [1.54, 1.807) is 7.11 Å². The number of methoxy groups -OCH3 is 1. The third kappa shape index (κ3) is 3.51. The molecule has 0 saturated carbocycles. The maximum atomic E-state index is 5.71. The monoisotopic (exact) mass is 222 g/mol. The highest BCUT2D eigenvalue weighted by atomic mass is 16.5. The van der Waals surface area contributed by atoms with Crippen molar-refractivity contribution in [3.05, 3.63) is 29.8 Å². The molecule has 0 amide bonds. The second-order valence-corrected chi connectivity index (χ2v) is 4.28. The highest BCUT2D eigenvalue weighted by molar-refractivity contribution is 5.33. The van der Waals surface area contributed by atoms with E-state index in [4.69, 9.17) is 10.5 Å². The summed E-state index contributed by atoms with van der Waals surface area (Å²) in [5.41, 5.74) is 6.89. The van der Waals surface area contributed by atoms with Crippen molar-refractivity contribution in [2.45, 2.75) is 26.4 Å². The SMILES string of the molecule is COc1ccccc1CNC(CN)C(C)C. The fourth-order valence-electron chi connectivity index (χ4n) is 1.68. The van der Waals surface area contributed by atoms with Crippen LogP contribution < -0.4 is 15.8 Å². The minimum atomic E-state index is 0.352. The highest BCUT2D eigenvalue weighted by Gasteiger charge is 2.11. The molecule has 0 radical (unpaired) electrons. The summed E-state index contributed by atoms with van der Waals surface area (Å²) >= 11 is 0. The van der Waals surface area contributed by atoms with Crippen LogP contribution >= 0.6 is 0 Å². The van der Waals surface area contributed by atoms with Crippen LogP contribution in [0.3, 0.4) is 0 Å². The van der Waals surface area contributed by atoms with E-state index in [1.165, 1.54) is 5.56 Å². The standard InChI is InChI=1S/C13H22N2O/c1-10(2)12(8-14)15-9-11-6-4-5-7-13(11)16-3/h4-7,10,12,15H,8-9,14H2,1-3H3. The lowest BCUT2D eigenvalue weighted by atomic mass is 10.0. The molecule has 0 aliphatic heterocycles. The zero-order valence-corrected chi connectivity index (χ0v) is 10.4. The zero-order valence-electron chi connectivity index (χ0n) is 10.4. The van der Waals surface area contributed by atoms with Gasteiger partial charge in [-0.05, 0) is 12.0 Å². The molecule has 0 bridgehead atoms. The summed E-state index contributed by atoms with van der Waals surface area (Å²) in [6, 6.07) is 8.39. The van der Waals surface area contributed by atoms with Gasteiger partial charge in [0.1, 0.15) is 5.75 Å². The van der Waals surface area contributed by atoms with Crippen LogP contribution in [0.5, 0.6) is 5.75 Å². The molecule has 1 rings (SSSR count). The summed E-state index contributed by atoms with van der Waals surface area (Å²) in [7, 11) is 1.70. The lowest BCUT2D eigenvalue weighted by molar-refractivity contribution is 0.386. The maximum absolute atomic E-state index is 5.71. The Hall–Kier alpha value is -1.06. The number of hydrogen-bond acceptors (Lipinski definition) is 3. The van der Waals surface area contributed by atoms with Crippen LogP contribution in [0.25, 0.3) is 0 Å². The molecule has 0 aromatic heterocycles. The quantitative estimate of drug-likeness (QED) is 0.771. The fraction of sp³-hybridized carbons (Fsp3) is 0.538. The number of benzene rings is 1. The average molecular weight is 222 g/mol. The van der Waals surface area contributed by atoms with Crippen molar-refractivity contribution in [3.8, 4) is 5.75 Å². The van der Waals surface area contributed by atoms with Crippen molar-refractivity contribution >= 4 is 0 Å². The Bertz CT molecular complexity index is 313. The number of nitrogens with two attached hydrogens (primary N) is 1. The molecule has 0 aliphatic carbocycles. The molecule has 3 heteroatoms. The van der Waals surface area contributed by atoms with E-state index < -0.39 is 0 Å². The van der Waals surface area contributed by atoms with Gasteiger partial charge in [0.25, 0.3) is 0 Å². The van der Waals surface area contributed by atoms with Crippen molar-refractivity contribution in [2.24, 2.45) is 11.7 Å². The number of hydrogen-bond donors (Lipinski definition) is 2. The van der Waals surface area contributed by atoms with E-state index in [9.17, 15) is 0 Å². The van der Waals surface area contributed by atoms with Crippen LogP contribution in [0, 0.1) is 5.92 Å². The normalized spacial score (nSPS) is 12.8. The first-order valence-electron chi connectivity index (χ1n) is 5.74. The number of nitrogens with one attached hydrogen (secondary N) is 1. The first kappa shape index (κ1) is 13.0. The molecule has 90 valence electrons. The number of ether oxygens (including phenoxy) is 1. The van der Waals surface area contributed by atoms with E-state index in [0.717, 1.165) is 12.3 Å². The molecule has 0 fully saturated rings. The molecule has 1 aromatic rings. The van der Waals surface area contributed by atoms with Gasteiger partial charge in [0, 0.05) is 24.7 Å². The lowest BCUT2D eigenvalue weighted by Crippen LogP contribution is -2.39. The molecule has 16 heavy (non-hydrogen) atoms. The van der Waals surface area contributed by atoms with Crippen molar-refractivity contribution in [3.63, 3.8) is 0 Å². The summed E-state index contributed by atoms with van der Waals surface area (Å²) in [6.07, 6.45) is 0. The molecule has 1 aromatic carbocycles. The van der Waals surface area contributed by atoms with Crippen LogP contribution in [0.1, 0.15) is 19.4 Å². The van der Waals surface area contributed by atoms with Gasteiger partial charge in [-0.15, -0.1) is 0 Å². The molecule has 1 unspecified atom stereocenters. The minimum absolute atomic E-state index is 0.352. The van der Waals surface area contributed by atoms with Gasteiger partial charge in [-0.3, -0.25) is 0 Å². The van der Waals surface area contributed by atoms with Crippen LogP contribution in [0.4, 0.5) is 0 Å². The van der Waals surface area contributed by atoms with Crippen LogP contribution in [0.15, 0.2) is 24.3 Å². The van der Waals surface area contributed by atoms with E-state index >= 15 is 0 Å². The Labute approximate surface area is 98.0 Å². The topological polar surface area (TPSA) is 47.3 Å². The number of rotatable bonds is 6. The Morgan fingerprint density at radius 2 is 2.00 bits per heavy atom. The average Bonchev–Trinajstić information content (AvgIpc) is 2.30. The molecule has 0 spiro atoms. The van der Waals surface area contributed by atoms with Gasteiger partial charge in [0.15, 0.2) is 0 Å². The molecule has 0 aliphatic rings. The van der Waals surface area contributed by atoms with E-state index in [2.05, 4.69) is 25.2 Å². The van der Waals surface area contributed by atoms with E-state index in [1.807, 2.05) is 18.2 Å².